The molecule has 2 heterocycles. The lowest BCUT2D eigenvalue weighted by molar-refractivity contribution is 0.0265. The monoisotopic (exact) mass is 401 g/mol. The minimum atomic E-state index is -2.43. The molecule has 29 heavy (non-hydrogen) atoms. The summed E-state index contributed by atoms with van der Waals surface area (Å²) in [5, 5.41) is 12.3. The number of nitrogens with zero attached hydrogens (tertiary/aromatic N) is 3. The standard InChI is InChI=1S/C23H29F2N3O/c1-6-7-16(12-26-4)23(3,29)14-28-19-9-8-15(2)10-17(19)18-13-27(5)21(22(24)25)11-20(18)28/h6-10,12,21-22,29H,1,11,13-14H2,2-5H3/b16-7+,26-12?. The first-order chi connectivity index (χ1) is 13.7. The Labute approximate surface area is 170 Å². The molecule has 0 aliphatic carbocycles. The third-order valence-corrected chi connectivity index (χ3v) is 5.76. The Bertz CT molecular complexity index is 972. The van der Waals surface area contributed by atoms with Crippen LogP contribution in [0.3, 0.4) is 0 Å². The molecule has 0 fully saturated rings. The number of aromatic nitrogens is 1. The summed E-state index contributed by atoms with van der Waals surface area (Å²) in [4.78, 5) is 5.77. The van der Waals surface area contributed by atoms with Crippen LogP contribution in [0.1, 0.15) is 23.7 Å². The predicted octanol–water partition coefficient (Wildman–Crippen LogP) is 4.14. The molecule has 6 heteroatoms. The van der Waals surface area contributed by atoms with Gasteiger partial charge in [-0.3, -0.25) is 9.89 Å². The molecule has 0 amide bonds. The van der Waals surface area contributed by atoms with Crippen LogP contribution in [-0.2, 0) is 19.5 Å². The summed E-state index contributed by atoms with van der Waals surface area (Å²) in [5.41, 5.74) is 3.40. The number of hydrogen-bond acceptors (Lipinski definition) is 3. The number of hydrogen-bond donors (Lipinski definition) is 1. The minimum Gasteiger partial charge on any atom is -0.384 e. The van der Waals surface area contributed by atoms with Crippen molar-refractivity contribution >= 4 is 17.1 Å². The summed E-state index contributed by atoms with van der Waals surface area (Å²) in [7, 11) is 3.39. The van der Waals surface area contributed by atoms with E-state index in [0.29, 0.717) is 12.1 Å². The highest BCUT2D eigenvalue weighted by atomic mass is 19.3. The lowest BCUT2D eigenvalue weighted by Crippen LogP contribution is -2.43. The maximum Gasteiger partial charge on any atom is 0.254 e. The molecular formula is C23H29F2N3O. The van der Waals surface area contributed by atoms with Crippen LogP contribution in [0, 0.1) is 6.92 Å². The number of allylic oxidation sites excluding steroid dienone is 2. The average molecular weight is 402 g/mol. The smallest absolute Gasteiger partial charge is 0.254 e. The van der Waals surface area contributed by atoms with Crippen LogP contribution in [-0.4, -0.2) is 53.0 Å². The summed E-state index contributed by atoms with van der Waals surface area (Å²) in [6, 6.07) is 5.30. The van der Waals surface area contributed by atoms with Crippen LogP contribution in [0.15, 0.2) is 47.5 Å². The van der Waals surface area contributed by atoms with Crippen LogP contribution in [0.25, 0.3) is 10.9 Å². The molecule has 0 saturated heterocycles. The van der Waals surface area contributed by atoms with Gasteiger partial charge in [-0.05, 0) is 38.6 Å². The maximum absolute atomic E-state index is 13.6. The molecule has 0 saturated carbocycles. The van der Waals surface area contributed by atoms with Gasteiger partial charge >= 0.3 is 0 Å². The van der Waals surface area contributed by atoms with Gasteiger partial charge in [0.25, 0.3) is 6.43 Å². The molecule has 1 aromatic heterocycles. The number of alkyl halides is 2. The molecule has 1 N–H and O–H groups in total. The van der Waals surface area contributed by atoms with Crippen LogP contribution in [0.4, 0.5) is 8.78 Å². The summed E-state index contributed by atoms with van der Waals surface area (Å²) < 4.78 is 29.3. The zero-order chi connectivity index (χ0) is 21.3. The fraction of sp³-hybridized carbons (Fsp3) is 0.435. The third kappa shape index (κ3) is 4.05. The lowest BCUT2D eigenvalue weighted by atomic mass is 9.95. The molecule has 1 aliphatic heterocycles. The maximum atomic E-state index is 13.6. The van der Waals surface area contributed by atoms with E-state index in [4.69, 9.17) is 0 Å². The first-order valence-corrected chi connectivity index (χ1v) is 9.76. The zero-order valence-electron chi connectivity index (χ0n) is 17.5. The SMILES string of the molecule is C=C/C=C(\C=NC)C(C)(O)Cn1c2c(c3cc(C)ccc31)CN(C)C(C(F)F)C2. The predicted molar refractivity (Wildman–Crippen MR) is 115 cm³/mol. The van der Waals surface area contributed by atoms with E-state index in [0.717, 1.165) is 27.7 Å². The Morgan fingerprint density at radius 3 is 2.79 bits per heavy atom. The Kier molecular flexibility index (Phi) is 6.05. The second kappa shape index (κ2) is 8.20. The molecule has 0 radical (unpaired) electrons. The van der Waals surface area contributed by atoms with Crippen LogP contribution < -0.4 is 0 Å². The van der Waals surface area contributed by atoms with Crippen molar-refractivity contribution in [3.05, 3.63) is 59.3 Å². The van der Waals surface area contributed by atoms with Gasteiger partial charge in [0.15, 0.2) is 0 Å². The van der Waals surface area contributed by atoms with Gasteiger partial charge in [0.2, 0.25) is 0 Å². The van der Waals surface area contributed by atoms with E-state index in [2.05, 4.69) is 17.6 Å². The summed E-state index contributed by atoms with van der Waals surface area (Å²) >= 11 is 0. The number of benzene rings is 1. The van der Waals surface area contributed by atoms with Crippen molar-refractivity contribution in [2.75, 3.05) is 14.1 Å². The van der Waals surface area contributed by atoms with E-state index in [9.17, 15) is 13.9 Å². The highest BCUT2D eigenvalue weighted by Gasteiger charge is 2.36. The molecule has 0 bridgehead atoms. The molecular weight excluding hydrogens is 372 g/mol. The first-order valence-electron chi connectivity index (χ1n) is 9.76. The van der Waals surface area contributed by atoms with E-state index in [-0.39, 0.29) is 13.0 Å². The average Bonchev–Trinajstić information content (AvgIpc) is 2.92. The highest BCUT2D eigenvalue weighted by Crippen LogP contribution is 2.36. The molecule has 4 nitrogen and oxygen atoms in total. The Morgan fingerprint density at radius 2 is 2.17 bits per heavy atom. The Morgan fingerprint density at radius 1 is 1.45 bits per heavy atom. The fourth-order valence-electron chi connectivity index (χ4n) is 4.21. The third-order valence-electron chi connectivity index (χ3n) is 5.76. The largest absolute Gasteiger partial charge is 0.384 e. The van der Waals surface area contributed by atoms with Crippen LogP contribution >= 0.6 is 0 Å². The minimum absolute atomic E-state index is 0.243. The van der Waals surface area contributed by atoms with Crippen molar-refractivity contribution in [2.45, 2.75) is 51.4 Å². The molecule has 2 aromatic rings. The summed E-state index contributed by atoms with van der Waals surface area (Å²) in [6.45, 7) is 8.17. The van der Waals surface area contributed by atoms with Crippen LogP contribution in [0.2, 0.25) is 0 Å². The number of halogens is 2. The van der Waals surface area contributed by atoms with Crippen molar-refractivity contribution in [3.8, 4) is 0 Å². The molecule has 1 aliphatic rings. The van der Waals surface area contributed by atoms with Gasteiger partial charge in [-0.25, -0.2) is 8.78 Å². The number of aryl methyl sites for hydroxylation is 1. The van der Waals surface area contributed by atoms with E-state index >= 15 is 0 Å². The van der Waals surface area contributed by atoms with E-state index in [1.54, 1.807) is 44.3 Å². The van der Waals surface area contributed by atoms with E-state index < -0.39 is 18.1 Å². The molecule has 156 valence electrons. The van der Waals surface area contributed by atoms with Crippen molar-refractivity contribution < 1.29 is 13.9 Å². The topological polar surface area (TPSA) is 40.8 Å². The number of likely N-dealkylation sites (N-methyl/N-ethyl adjacent to an activating group) is 1. The summed E-state index contributed by atoms with van der Waals surface area (Å²) in [6.07, 6.45) is 2.77. The van der Waals surface area contributed by atoms with Gasteiger partial charge in [0.1, 0.15) is 5.60 Å². The van der Waals surface area contributed by atoms with Crippen molar-refractivity contribution in [2.24, 2.45) is 4.99 Å². The van der Waals surface area contributed by atoms with Crippen molar-refractivity contribution in [3.63, 3.8) is 0 Å². The van der Waals surface area contributed by atoms with Gasteiger partial charge in [0.05, 0.1) is 12.6 Å². The summed E-state index contributed by atoms with van der Waals surface area (Å²) in [5.74, 6) is 0. The second-order valence-electron chi connectivity index (χ2n) is 8.07. The lowest BCUT2D eigenvalue weighted by Gasteiger charge is -2.34. The molecule has 1 aromatic carbocycles. The van der Waals surface area contributed by atoms with E-state index in [1.165, 1.54) is 0 Å². The van der Waals surface area contributed by atoms with Crippen molar-refractivity contribution in [1.82, 2.24) is 9.47 Å². The number of fused-ring (bicyclic) bond motifs is 3. The van der Waals surface area contributed by atoms with Gasteiger partial charge in [-0.2, -0.15) is 0 Å². The molecule has 2 unspecified atom stereocenters. The second-order valence-corrected chi connectivity index (χ2v) is 8.07. The molecule has 0 spiro atoms. The van der Waals surface area contributed by atoms with Gasteiger partial charge in [-0.1, -0.05) is 30.4 Å². The first kappa shape index (κ1) is 21.4. The zero-order valence-corrected chi connectivity index (χ0v) is 17.5. The van der Waals surface area contributed by atoms with Gasteiger partial charge in [-0.15, -0.1) is 0 Å². The highest BCUT2D eigenvalue weighted by molar-refractivity contribution is 5.87. The fourth-order valence-corrected chi connectivity index (χ4v) is 4.21. The number of aliphatic imine (C=N–C) groups is 1. The quantitative estimate of drug-likeness (QED) is 0.584. The Balaban J connectivity index is 2.16. The van der Waals surface area contributed by atoms with E-state index in [1.807, 2.05) is 23.6 Å². The normalized spacial score (nSPS) is 20.4. The number of rotatable bonds is 6. The van der Waals surface area contributed by atoms with Crippen molar-refractivity contribution in [1.29, 1.82) is 0 Å². The van der Waals surface area contributed by atoms with Gasteiger partial charge < -0.3 is 9.67 Å². The van der Waals surface area contributed by atoms with Gasteiger partial charge in [0, 0.05) is 48.4 Å². The number of aliphatic hydroxyl groups is 1. The molecule has 2 atom stereocenters. The van der Waals surface area contributed by atoms with Crippen LogP contribution in [0.5, 0.6) is 0 Å². The molecule has 3 rings (SSSR count). The Hall–Kier alpha value is -2.31.